The number of benzene rings is 1. The highest BCUT2D eigenvalue weighted by molar-refractivity contribution is 5.94. The summed E-state index contributed by atoms with van der Waals surface area (Å²) in [6.07, 6.45) is 3.81. The van der Waals surface area contributed by atoms with Crippen LogP contribution in [0.25, 0.3) is 0 Å². The van der Waals surface area contributed by atoms with Gasteiger partial charge in [-0.05, 0) is 50.4 Å². The van der Waals surface area contributed by atoms with Crippen LogP contribution >= 0.6 is 0 Å². The van der Waals surface area contributed by atoms with Gasteiger partial charge >= 0.3 is 0 Å². The Morgan fingerprint density at radius 1 is 0.966 bits per heavy atom. The number of likely N-dealkylation sites (tertiary alicyclic amines) is 2. The molecule has 1 unspecified atom stereocenters. The normalized spacial score (nSPS) is 24.5. The van der Waals surface area contributed by atoms with Gasteiger partial charge < -0.3 is 14.5 Å². The van der Waals surface area contributed by atoms with E-state index in [1.54, 1.807) is 12.1 Å². The average molecular weight is 403 g/mol. The summed E-state index contributed by atoms with van der Waals surface area (Å²) >= 11 is 0. The molecule has 7 heteroatoms. The molecule has 158 valence electrons. The smallest absolute Gasteiger partial charge is 0.253 e. The highest BCUT2D eigenvalue weighted by Gasteiger charge is 2.34. The van der Waals surface area contributed by atoms with Gasteiger partial charge in [0.05, 0.1) is 19.1 Å². The molecule has 0 aromatic heterocycles. The fourth-order valence-electron chi connectivity index (χ4n) is 4.82. The van der Waals surface area contributed by atoms with E-state index in [0.29, 0.717) is 51.0 Å². The summed E-state index contributed by atoms with van der Waals surface area (Å²) in [5, 5.41) is 0. The van der Waals surface area contributed by atoms with Gasteiger partial charge in [-0.15, -0.1) is 0 Å². The fraction of sp³-hybridized carbons (Fsp3) is 0.636. The van der Waals surface area contributed by atoms with E-state index >= 15 is 0 Å². The van der Waals surface area contributed by atoms with Crippen LogP contribution in [-0.4, -0.2) is 85.0 Å². The Hall–Kier alpha value is -1.99. The molecule has 4 rings (SSSR count). The highest BCUT2D eigenvalue weighted by atomic mass is 19.1. The molecule has 2 amide bonds. The second-order valence-corrected chi connectivity index (χ2v) is 8.31. The molecular weight excluding hydrogens is 373 g/mol. The first-order chi connectivity index (χ1) is 14.1. The minimum atomic E-state index is -0.380. The lowest BCUT2D eigenvalue weighted by Gasteiger charge is -2.43. The van der Waals surface area contributed by atoms with Gasteiger partial charge in [0.25, 0.3) is 5.91 Å². The quantitative estimate of drug-likeness (QED) is 0.775. The van der Waals surface area contributed by atoms with E-state index in [1.165, 1.54) is 12.1 Å². The van der Waals surface area contributed by atoms with E-state index in [2.05, 4.69) is 4.90 Å². The average Bonchev–Trinajstić information content (AvgIpc) is 2.79. The van der Waals surface area contributed by atoms with Gasteiger partial charge in [0.15, 0.2) is 0 Å². The van der Waals surface area contributed by atoms with E-state index in [-0.39, 0.29) is 23.5 Å². The Balaban J connectivity index is 1.30. The molecule has 3 fully saturated rings. The van der Waals surface area contributed by atoms with Crippen molar-refractivity contribution in [1.82, 2.24) is 14.7 Å². The van der Waals surface area contributed by atoms with Crippen molar-refractivity contribution in [3.8, 4) is 0 Å². The molecule has 3 heterocycles. The van der Waals surface area contributed by atoms with Gasteiger partial charge in [-0.2, -0.15) is 0 Å². The maximum absolute atomic E-state index is 13.4. The number of hydrogen-bond donors (Lipinski definition) is 0. The zero-order chi connectivity index (χ0) is 20.2. The molecule has 0 saturated carbocycles. The van der Waals surface area contributed by atoms with Crippen LogP contribution in [-0.2, 0) is 9.53 Å². The number of morpholine rings is 1. The zero-order valence-corrected chi connectivity index (χ0v) is 16.9. The van der Waals surface area contributed by atoms with Gasteiger partial charge in [-0.25, -0.2) is 4.39 Å². The first kappa shape index (κ1) is 20.3. The van der Waals surface area contributed by atoms with Crippen LogP contribution in [0.2, 0.25) is 0 Å². The van der Waals surface area contributed by atoms with Gasteiger partial charge in [-0.3, -0.25) is 14.5 Å². The van der Waals surface area contributed by atoms with E-state index in [1.807, 2.05) is 9.80 Å². The van der Waals surface area contributed by atoms with Crippen LogP contribution in [0.1, 0.15) is 36.0 Å². The Kier molecular flexibility index (Phi) is 6.45. The summed E-state index contributed by atoms with van der Waals surface area (Å²) in [5.41, 5.74) is 0.414. The summed E-state index contributed by atoms with van der Waals surface area (Å²) < 4.78 is 18.8. The monoisotopic (exact) mass is 403 g/mol. The van der Waals surface area contributed by atoms with E-state index in [0.717, 1.165) is 38.8 Å². The van der Waals surface area contributed by atoms with Crippen LogP contribution < -0.4 is 0 Å². The number of piperidine rings is 2. The maximum atomic E-state index is 13.4. The van der Waals surface area contributed by atoms with Crippen molar-refractivity contribution in [1.29, 1.82) is 0 Å². The SMILES string of the molecule is O=C(c1cccc(F)c1)N1CCC(N2CCCC(C(=O)N3CCOCC3)C2)CC1. The molecule has 3 aliphatic rings. The summed E-state index contributed by atoms with van der Waals surface area (Å²) in [4.78, 5) is 31.7. The molecule has 3 aliphatic heterocycles. The van der Waals surface area contributed by atoms with Crippen molar-refractivity contribution in [3.63, 3.8) is 0 Å². The Morgan fingerprint density at radius 3 is 2.45 bits per heavy atom. The van der Waals surface area contributed by atoms with Crippen molar-refractivity contribution in [2.75, 3.05) is 52.5 Å². The Labute approximate surface area is 171 Å². The minimum absolute atomic E-state index is 0.0776. The number of amides is 2. The van der Waals surface area contributed by atoms with Crippen LogP contribution in [0.15, 0.2) is 24.3 Å². The molecule has 0 aliphatic carbocycles. The van der Waals surface area contributed by atoms with Gasteiger partial charge in [-0.1, -0.05) is 6.07 Å². The van der Waals surface area contributed by atoms with Crippen molar-refractivity contribution in [3.05, 3.63) is 35.6 Å². The third-order valence-electron chi connectivity index (χ3n) is 6.46. The molecule has 1 atom stereocenters. The van der Waals surface area contributed by atoms with Crippen LogP contribution in [0.3, 0.4) is 0 Å². The number of halogens is 1. The summed E-state index contributed by atoms with van der Waals surface area (Å²) in [5.74, 6) is -0.123. The van der Waals surface area contributed by atoms with E-state index in [4.69, 9.17) is 4.74 Å². The lowest BCUT2D eigenvalue weighted by atomic mass is 9.92. The Morgan fingerprint density at radius 2 is 1.72 bits per heavy atom. The molecule has 0 bridgehead atoms. The number of carbonyl (C=O) groups excluding carboxylic acids is 2. The highest BCUT2D eigenvalue weighted by Crippen LogP contribution is 2.26. The molecule has 1 aromatic rings. The topological polar surface area (TPSA) is 53.1 Å². The number of rotatable bonds is 3. The number of carbonyl (C=O) groups is 2. The molecule has 0 radical (unpaired) electrons. The van der Waals surface area contributed by atoms with Gasteiger partial charge in [0.2, 0.25) is 5.91 Å². The zero-order valence-electron chi connectivity index (χ0n) is 16.9. The van der Waals surface area contributed by atoms with Crippen LogP contribution in [0, 0.1) is 11.7 Å². The number of hydrogen-bond acceptors (Lipinski definition) is 4. The largest absolute Gasteiger partial charge is 0.378 e. The van der Waals surface area contributed by atoms with Crippen molar-refractivity contribution < 1.29 is 18.7 Å². The first-order valence-corrected chi connectivity index (χ1v) is 10.8. The summed E-state index contributed by atoms with van der Waals surface area (Å²) in [7, 11) is 0. The summed E-state index contributed by atoms with van der Waals surface area (Å²) in [6.45, 7) is 5.89. The number of ether oxygens (including phenoxy) is 1. The second kappa shape index (κ2) is 9.22. The maximum Gasteiger partial charge on any atom is 0.253 e. The summed E-state index contributed by atoms with van der Waals surface area (Å²) in [6, 6.07) is 6.32. The molecule has 0 spiro atoms. The molecule has 0 N–H and O–H groups in total. The lowest BCUT2D eigenvalue weighted by molar-refractivity contribution is -0.141. The standard InChI is InChI=1S/C22H30FN3O3/c23-19-5-1-3-17(15-19)21(27)24-9-6-20(7-10-24)26-8-2-4-18(16-26)22(28)25-11-13-29-14-12-25/h1,3,5,15,18,20H,2,4,6-14,16H2. The van der Waals surface area contributed by atoms with Gasteiger partial charge in [0.1, 0.15) is 5.82 Å². The predicted octanol–water partition coefficient (Wildman–Crippen LogP) is 2.00. The molecular formula is C22H30FN3O3. The van der Waals surface area contributed by atoms with Crippen molar-refractivity contribution in [2.45, 2.75) is 31.7 Å². The lowest BCUT2D eigenvalue weighted by Crippen LogP contribution is -2.53. The fourth-order valence-corrected chi connectivity index (χ4v) is 4.82. The second-order valence-electron chi connectivity index (χ2n) is 8.31. The van der Waals surface area contributed by atoms with E-state index < -0.39 is 0 Å². The van der Waals surface area contributed by atoms with Crippen LogP contribution in [0.5, 0.6) is 0 Å². The van der Waals surface area contributed by atoms with Crippen molar-refractivity contribution >= 4 is 11.8 Å². The van der Waals surface area contributed by atoms with E-state index in [9.17, 15) is 14.0 Å². The molecule has 1 aromatic carbocycles. The van der Waals surface area contributed by atoms with Crippen molar-refractivity contribution in [2.24, 2.45) is 5.92 Å². The molecule has 3 saturated heterocycles. The van der Waals surface area contributed by atoms with Gasteiger partial charge in [0, 0.05) is 44.3 Å². The van der Waals surface area contributed by atoms with Crippen LogP contribution in [0.4, 0.5) is 4.39 Å². The Bertz CT molecular complexity index is 730. The minimum Gasteiger partial charge on any atom is -0.378 e. The molecule has 29 heavy (non-hydrogen) atoms. The first-order valence-electron chi connectivity index (χ1n) is 10.8. The third kappa shape index (κ3) is 4.78. The predicted molar refractivity (Wildman–Crippen MR) is 107 cm³/mol. The number of nitrogens with zero attached hydrogens (tertiary/aromatic N) is 3. The molecule has 6 nitrogen and oxygen atoms in total. The third-order valence-corrected chi connectivity index (χ3v) is 6.46.